The summed E-state index contributed by atoms with van der Waals surface area (Å²) in [6.45, 7) is 1.80. The molecular weight excluding hydrogens is 430 g/mol. The van der Waals surface area contributed by atoms with Crippen molar-refractivity contribution >= 4 is 12.2 Å². The molecule has 6 heteroatoms. The van der Waals surface area contributed by atoms with Gasteiger partial charge in [0, 0.05) is 28.8 Å². The molecule has 2 N–H and O–H groups in total. The molecule has 159 valence electrons. The summed E-state index contributed by atoms with van der Waals surface area (Å²) in [7, 11) is 1.30. The van der Waals surface area contributed by atoms with Gasteiger partial charge in [-0.25, -0.2) is 4.79 Å². The number of esters is 1. The van der Waals surface area contributed by atoms with Crippen molar-refractivity contribution in [1.29, 1.82) is 0 Å². The van der Waals surface area contributed by atoms with Crippen molar-refractivity contribution in [1.82, 2.24) is 0 Å². The number of rotatable bonds is 6. The fourth-order valence-electron chi connectivity index (χ4n) is 3.24. The van der Waals surface area contributed by atoms with Gasteiger partial charge in [0.15, 0.2) is 0 Å². The third kappa shape index (κ3) is 4.79. The molecule has 0 aliphatic carbocycles. The van der Waals surface area contributed by atoms with Gasteiger partial charge in [-0.1, -0.05) is 60.7 Å². The second-order valence-corrected chi connectivity index (χ2v) is 6.72. The van der Waals surface area contributed by atoms with E-state index in [0.29, 0.717) is 22.3 Å². The molecule has 0 amide bonds. The number of hydrogen-bond acceptors (Lipinski definition) is 5. The normalized spacial score (nSPS) is 12.2. The molecule has 0 aliphatic rings. The maximum Gasteiger partial charge on any atom is 0.337 e. The molecule has 1 atom stereocenters. The number of aromatic hydroxyl groups is 1. The van der Waals surface area contributed by atoms with Gasteiger partial charge >= 0.3 is 5.97 Å². The zero-order chi connectivity index (χ0) is 20.9. The zero-order valence-corrected chi connectivity index (χ0v) is 17.6. The van der Waals surface area contributed by atoms with Gasteiger partial charge < -0.3 is 14.9 Å². The fraction of sp³-hybridized carbons (Fsp3) is 0.167. The molecule has 1 radical (unpaired) electrons. The Balaban J connectivity index is 0.00000320. The summed E-state index contributed by atoms with van der Waals surface area (Å²) in [6, 6.07) is 22.5. The summed E-state index contributed by atoms with van der Waals surface area (Å²) in [5, 5.41) is 21.8. The molecule has 5 nitrogen and oxygen atoms in total. The summed E-state index contributed by atoms with van der Waals surface area (Å²) in [5.74, 6) is -0.519. The van der Waals surface area contributed by atoms with E-state index >= 15 is 0 Å². The Morgan fingerprint density at radius 2 is 1.53 bits per heavy atom. The first-order valence-corrected chi connectivity index (χ1v) is 9.24. The molecule has 0 fully saturated rings. The standard InChI is InChI=1S/C24H23NO4.Cu/c1-17(25-16-19-15-18(23(27)29-2)13-14-22(19)26)24(28,20-9-5-3-6-10-20)21-11-7-4-8-12-21;/h3-17,26,28H,1-2H3;/t17-;/m1./s1. The van der Waals surface area contributed by atoms with Crippen molar-refractivity contribution in [2.45, 2.75) is 18.6 Å². The molecular formula is C24H23CuNO4. The molecule has 3 aromatic rings. The largest absolute Gasteiger partial charge is 0.507 e. The second-order valence-electron chi connectivity index (χ2n) is 6.72. The van der Waals surface area contributed by atoms with Crippen LogP contribution in [0, 0.1) is 0 Å². The molecule has 0 unspecified atom stereocenters. The predicted molar refractivity (Wildman–Crippen MR) is 112 cm³/mol. The van der Waals surface area contributed by atoms with E-state index in [9.17, 15) is 15.0 Å². The second kappa shape index (κ2) is 10.2. The van der Waals surface area contributed by atoms with Gasteiger partial charge in [0.1, 0.15) is 11.4 Å². The average Bonchev–Trinajstić information content (AvgIpc) is 2.78. The smallest absolute Gasteiger partial charge is 0.337 e. The first kappa shape index (κ1) is 23.4. The van der Waals surface area contributed by atoms with Crippen LogP contribution in [0.1, 0.15) is 34.0 Å². The van der Waals surface area contributed by atoms with Crippen LogP contribution < -0.4 is 0 Å². The molecule has 0 spiro atoms. The summed E-state index contributed by atoms with van der Waals surface area (Å²) in [6.07, 6.45) is 1.46. The van der Waals surface area contributed by atoms with Crippen LogP contribution in [0.15, 0.2) is 83.9 Å². The SMILES string of the molecule is COC(=O)c1ccc(O)c(C=N[C@H](C)C(O)(c2ccccc2)c2ccccc2)c1.[Cu]. The monoisotopic (exact) mass is 452 g/mol. The van der Waals surface area contributed by atoms with E-state index in [2.05, 4.69) is 4.99 Å². The minimum Gasteiger partial charge on any atom is -0.507 e. The van der Waals surface area contributed by atoms with Crippen LogP contribution >= 0.6 is 0 Å². The van der Waals surface area contributed by atoms with E-state index in [0.717, 1.165) is 0 Å². The van der Waals surface area contributed by atoms with Crippen molar-refractivity contribution in [2.75, 3.05) is 7.11 Å². The zero-order valence-electron chi connectivity index (χ0n) is 16.6. The molecule has 3 aromatic carbocycles. The molecule has 0 saturated carbocycles. The number of phenolic OH excluding ortho intramolecular Hbond substituents is 1. The van der Waals surface area contributed by atoms with Crippen LogP contribution in [-0.4, -0.2) is 35.5 Å². The number of nitrogens with zero attached hydrogens (tertiary/aromatic N) is 1. The Hall–Kier alpha value is -2.92. The molecule has 3 rings (SSSR count). The van der Waals surface area contributed by atoms with Crippen molar-refractivity contribution < 1.29 is 36.8 Å². The van der Waals surface area contributed by atoms with Gasteiger partial charge in [0.2, 0.25) is 0 Å². The molecule has 0 bridgehead atoms. The van der Waals surface area contributed by atoms with E-state index in [1.54, 1.807) is 6.92 Å². The minimum absolute atomic E-state index is 0. The third-order valence-corrected chi connectivity index (χ3v) is 4.92. The van der Waals surface area contributed by atoms with Crippen molar-refractivity contribution in [3.63, 3.8) is 0 Å². The Kier molecular flexibility index (Phi) is 7.95. The Bertz CT molecular complexity index is 967. The van der Waals surface area contributed by atoms with Gasteiger partial charge in [0.05, 0.1) is 18.7 Å². The van der Waals surface area contributed by atoms with Crippen LogP contribution in [0.3, 0.4) is 0 Å². The van der Waals surface area contributed by atoms with Crippen molar-refractivity contribution in [3.05, 3.63) is 101 Å². The van der Waals surface area contributed by atoms with Gasteiger partial charge in [-0.2, -0.15) is 0 Å². The van der Waals surface area contributed by atoms with E-state index < -0.39 is 17.6 Å². The maximum absolute atomic E-state index is 11.8. The van der Waals surface area contributed by atoms with E-state index in [-0.39, 0.29) is 22.8 Å². The van der Waals surface area contributed by atoms with Crippen LogP contribution in [0.4, 0.5) is 0 Å². The Morgan fingerprint density at radius 3 is 2.03 bits per heavy atom. The van der Waals surface area contributed by atoms with Crippen LogP contribution in [0.2, 0.25) is 0 Å². The van der Waals surface area contributed by atoms with Gasteiger partial charge in [-0.3, -0.25) is 4.99 Å². The molecule has 0 aliphatic heterocycles. The number of ether oxygens (including phenoxy) is 1. The fourth-order valence-corrected chi connectivity index (χ4v) is 3.24. The van der Waals surface area contributed by atoms with Crippen molar-refractivity contribution in [2.24, 2.45) is 4.99 Å². The number of benzene rings is 3. The van der Waals surface area contributed by atoms with Crippen LogP contribution in [0.5, 0.6) is 5.75 Å². The van der Waals surface area contributed by atoms with Gasteiger partial charge in [-0.15, -0.1) is 0 Å². The molecule has 30 heavy (non-hydrogen) atoms. The van der Waals surface area contributed by atoms with E-state index in [1.807, 2.05) is 60.7 Å². The van der Waals surface area contributed by atoms with Crippen LogP contribution in [-0.2, 0) is 27.4 Å². The summed E-state index contributed by atoms with van der Waals surface area (Å²) < 4.78 is 4.72. The van der Waals surface area contributed by atoms with E-state index in [4.69, 9.17) is 4.74 Å². The van der Waals surface area contributed by atoms with Gasteiger partial charge in [-0.05, 0) is 36.2 Å². The minimum atomic E-state index is -1.37. The Morgan fingerprint density at radius 1 is 1.00 bits per heavy atom. The topological polar surface area (TPSA) is 79.1 Å². The quantitative estimate of drug-likeness (QED) is 0.337. The first-order chi connectivity index (χ1) is 14.0. The first-order valence-electron chi connectivity index (χ1n) is 9.24. The number of carbonyl (C=O) groups excluding carboxylic acids is 1. The van der Waals surface area contributed by atoms with E-state index in [1.165, 1.54) is 31.5 Å². The number of carbonyl (C=O) groups is 1. The summed E-state index contributed by atoms with van der Waals surface area (Å²) >= 11 is 0. The van der Waals surface area contributed by atoms with Crippen LogP contribution in [0.25, 0.3) is 0 Å². The third-order valence-electron chi connectivity index (χ3n) is 4.92. The number of aliphatic imine (C=N–C) groups is 1. The molecule has 0 heterocycles. The molecule has 0 aromatic heterocycles. The average molecular weight is 453 g/mol. The number of aliphatic hydroxyl groups is 1. The molecule has 0 saturated heterocycles. The number of phenols is 1. The Labute approximate surface area is 186 Å². The predicted octanol–water partition coefficient (Wildman–Crippen LogP) is 3.92. The van der Waals surface area contributed by atoms with Gasteiger partial charge in [0.25, 0.3) is 0 Å². The maximum atomic E-state index is 11.8. The number of methoxy groups -OCH3 is 1. The summed E-state index contributed by atoms with van der Waals surface area (Å²) in [4.78, 5) is 16.3. The summed E-state index contributed by atoms with van der Waals surface area (Å²) in [5.41, 5.74) is 0.727. The van der Waals surface area contributed by atoms with Crippen molar-refractivity contribution in [3.8, 4) is 5.75 Å². The number of hydrogen-bond donors (Lipinski definition) is 2.